The van der Waals surface area contributed by atoms with Crippen LogP contribution in [0, 0.1) is 16.0 Å². The van der Waals surface area contributed by atoms with E-state index in [4.69, 9.17) is 4.74 Å². The van der Waals surface area contributed by atoms with Crippen LogP contribution in [0.5, 0.6) is 5.75 Å². The van der Waals surface area contributed by atoms with Gasteiger partial charge in [0.2, 0.25) is 5.75 Å². The Morgan fingerprint density at radius 1 is 1.42 bits per heavy atom. The van der Waals surface area contributed by atoms with Crippen LogP contribution in [0.3, 0.4) is 0 Å². The molecule has 0 aliphatic rings. The maximum absolute atomic E-state index is 11.1. The van der Waals surface area contributed by atoms with Crippen molar-refractivity contribution in [2.45, 2.75) is 33.3 Å². The van der Waals surface area contributed by atoms with E-state index in [-0.39, 0.29) is 11.4 Å². The SMILES string of the molecule is CC(C)CCOc1c([C@@H](C)O)cc(Br)cc1[N+](=O)[O-]. The van der Waals surface area contributed by atoms with Crippen LogP contribution in [0.1, 0.15) is 38.9 Å². The number of hydrogen-bond acceptors (Lipinski definition) is 4. The highest BCUT2D eigenvalue weighted by Crippen LogP contribution is 2.38. The molecule has 0 amide bonds. The van der Waals surface area contributed by atoms with Gasteiger partial charge in [0.25, 0.3) is 0 Å². The second-order valence-corrected chi connectivity index (χ2v) is 5.72. The van der Waals surface area contributed by atoms with Crippen molar-refractivity contribution >= 4 is 21.6 Å². The molecule has 0 fully saturated rings. The fraction of sp³-hybridized carbons (Fsp3) is 0.538. The van der Waals surface area contributed by atoms with E-state index in [1.165, 1.54) is 6.07 Å². The maximum atomic E-state index is 11.1. The molecule has 1 atom stereocenters. The summed E-state index contributed by atoms with van der Waals surface area (Å²) >= 11 is 3.20. The first-order valence-corrected chi connectivity index (χ1v) is 6.91. The van der Waals surface area contributed by atoms with E-state index in [1.54, 1.807) is 13.0 Å². The van der Waals surface area contributed by atoms with Crippen LogP contribution in [0.2, 0.25) is 0 Å². The molecule has 1 N–H and O–H groups in total. The third-order valence-electron chi connectivity index (χ3n) is 2.65. The molecule has 0 saturated carbocycles. The van der Waals surface area contributed by atoms with Gasteiger partial charge in [-0.25, -0.2) is 0 Å². The summed E-state index contributed by atoms with van der Waals surface area (Å²) in [4.78, 5) is 10.6. The van der Waals surface area contributed by atoms with E-state index in [1.807, 2.05) is 0 Å². The number of hydrogen-bond donors (Lipinski definition) is 1. The van der Waals surface area contributed by atoms with Crippen molar-refractivity contribution in [3.05, 3.63) is 32.3 Å². The quantitative estimate of drug-likeness (QED) is 0.635. The Kier molecular flexibility index (Phi) is 5.75. The highest BCUT2D eigenvalue weighted by molar-refractivity contribution is 9.10. The molecule has 1 aromatic carbocycles. The lowest BCUT2D eigenvalue weighted by Crippen LogP contribution is -2.07. The van der Waals surface area contributed by atoms with Crippen LogP contribution in [-0.4, -0.2) is 16.6 Å². The van der Waals surface area contributed by atoms with Crippen molar-refractivity contribution in [2.24, 2.45) is 5.92 Å². The van der Waals surface area contributed by atoms with Gasteiger partial charge in [0.1, 0.15) is 0 Å². The molecule has 0 aliphatic carbocycles. The van der Waals surface area contributed by atoms with Crippen molar-refractivity contribution in [1.82, 2.24) is 0 Å². The summed E-state index contributed by atoms with van der Waals surface area (Å²) in [5.74, 6) is 0.605. The van der Waals surface area contributed by atoms with E-state index < -0.39 is 11.0 Å². The van der Waals surface area contributed by atoms with Gasteiger partial charge in [-0.2, -0.15) is 0 Å². The molecule has 1 aromatic rings. The molecule has 0 aromatic heterocycles. The van der Waals surface area contributed by atoms with Crippen molar-refractivity contribution in [3.63, 3.8) is 0 Å². The monoisotopic (exact) mass is 331 g/mol. The Hall–Kier alpha value is -1.14. The second kappa shape index (κ2) is 6.86. The molecule has 0 radical (unpaired) electrons. The third-order valence-corrected chi connectivity index (χ3v) is 3.11. The Balaban J connectivity index is 3.12. The lowest BCUT2D eigenvalue weighted by Gasteiger charge is -2.15. The smallest absolute Gasteiger partial charge is 0.312 e. The Morgan fingerprint density at radius 2 is 2.05 bits per heavy atom. The van der Waals surface area contributed by atoms with Crippen LogP contribution in [0.25, 0.3) is 0 Å². The van der Waals surface area contributed by atoms with Gasteiger partial charge in [-0.15, -0.1) is 0 Å². The molecule has 0 saturated heterocycles. The number of benzene rings is 1. The minimum absolute atomic E-state index is 0.131. The molecule has 0 aliphatic heterocycles. The number of nitro benzene ring substituents is 1. The molecule has 6 heteroatoms. The van der Waals surface area contributed by atoms with Gasteiger partial charge in [0.15, 0.2) is 0 Å². The number of aliphatic hydroxyl groups is 1. The first kappa shape index (κ1) is 15.9. The number of nitrogens with zero attached hydrogens (tertiary/aromatic N) is 1. The van der Waals surface area contributed by atoms with Crippen LogP contribution >= 0.6 is 15.9 Å². The van der Waals surface area contributed by atoms with Crippen molar-refractivity contribution in [1.29, 1.82) is 0 Å². The highest BCUT2D eigenvalue weighted by atomic mass is 79.9. The lowest BCUT2D eigenvalue weighted by atomic mass is 10.1. The number of rotatable bonds is 6. The predicted octanol–water partition coefficient (Wildman–Crippen LogP) is 3.84. The standard InChI is InChI=1S/C13H18BrNO4/c1-8(2)4-5-19-13-11(9(3)16)6-10(14)7-12(13)15(17)18/h6-9,16H,4-5H2,1-3H3/t9-/m1/s1. The fourth-order valence-corrected chi connectivity index (χ4v) is 2.06. The predicted molar refractivity (Wildman–Crippen MR) is 76.4 cm³/mol. The van der Waals surface area contributed by atoms with E-state index in [0.29, 0.717) is 22.6 Å². The molecule has 19 heavy (non-hydrogen) atoms. The van der Waals surface area contributed by atoms with Crippen molar-refractivity contribution in [2.75, 3.05) is 6.61 Å². The van der Waals surface area contributed by atoms with Gasteiger partial charge in [-0.05, 0) is 25.3 Å². The lowest BCUT2D eigenvalue weighted by molar-refractivity contribution is -0.386. The normalized spacial score (nSPS) is 12.5. The van der Waals surface area contributed by atoms with Crippen LogP contribution in [0.15, 0.2) is 16.6 Å². The molecular weight excluding hydrogens is 314 g/mol. The van der Waals surface area contributed by atoms with Gasteiger partial charge in [-0.3, -0.25) is 10.1 Å². The van der Waals surface area contributed by atoms with Gasteiger partial charge >= 0.3 is 5.69 Å². The Morgan fingerprint density at radius 3 is 2.53 bits per heavy atom. The zero-order chi connectivity index (χ0) is 14.6. The number of halogens is 1. The molecule has 106 valence electrons. The van der Waals surface area contributed by atoms with E-state index in [2.05, 4.69) is 29.8 Å². The van der Waals surface area contributed by atoms with E-state index >= 15 is 0 Å². The minimum Gasteiger partial charge on any atom is -0.487 e. The summed E-state index contributed by atoms with van der Waals surface area (Å²) in [7, 11) is 0. The average Bonchev–Trinajstić information content (AvgIpc) is 2.29. The molecule has 5 nitrogen and oxygen atoms in total. The summed E-state index contributed by atoms with van der Waals surface area (Å²) in [5.41, 5.74) is 0.291. The van der Waals surface area contributed by atoms with E-state index in [0.717, 1.165) is 6.42 Å². The van der Waals surface area contributed by atoms with Gasteiger partial charge in [0, 0.05) is 16.1 Å². The molecule has 1 rings (SSSR count). The molecule has 0 unspecified atom stereocenters. The summed E-state index contributed by atoms with van der Waals surface area (Å²) in [6.07, 6.45) is -0.0304. The molecular formula is C13H18BrNO4. The maximum Gasteiger partial charge on any atom is 0.312 e. The second-order valence-electron chi connectivity index (χ2n) is 4.81. The summed E-state index contributed by atoms with van der Waals surface area (Å²) in [6, 6.07) is 3.03. The largest absolute Gasteiger partial charge is 0.487 e. The first-order valence-electron chi connectivity index (χ1n) is 6.11. The molecule has 0 spiro atoms. The van der Waals surface area contributed by atoms with Crippen LogP contribution < -0.4 is 4.74 Å². The summed E-state index contributed by atoms with van der Waals surface area (Å²) < 4.78 is 6.08. The van der Waals surface area contributed by atoms with E-state index in [9.17, 15) is 15.2 Å². The number of ether oxygens (including phenoxy) is 1. The minimum atomic E-state index is -0.828. The zero-order valence-corrected chi connectivity index (χ0v) is 12.8. The third kappa shape index (κ3) is 4.47. The Labute approximate surface area is 120 Å². The Bertz CT molecular complexity index is 460. The number of nitro groups is 1. The van der Waals surface area contributed by atoms with Crippen LogP contribution in [-0.2, 0) is 0 Å². The van der Waals surface area contributed by atoms with Crippen LogP contribution in [0.4, 0.5) is 5.69 Å². The van der Waals surface area contributed by atoms with Gasteiger partial charge in [-0.1, -0.05) is 29.8 Å². The molecule has 0 heterocycles. The topological polar surface area (TPSA) is 72.6 Å². The van der Waals surface area contributed by atoms with Gasteiger partial charge in [0.05, 0.1) is 17.6 Å². The zero-order valence-electron chi connectivity index (χ0n) is 11.2. The molecule has 0 bridgehead atoms. The fourth-order valence-electron chi connectivity index (χ4n) is 1.60. The average molecular weight is 332 g/mol. The summed E-state index contributed by atoms with van der Waals surface area (Å²) in [6.45, 7) is 6.05. The first-order chi connectivity index (χ1) is 8.82. The number of aliphatic hydroxyl groups excluding tert-OH is 1. The highest BCUT2D eigenvalue weighted by Gasteiger charge is 2.23. The van der Waals surface area contributed by atoms with Crippen molar-refractivity contribution < 1.29 is 14.8 Å². The van der Waals surface area contributed by atoms with Crippen molar-refractivity contribution in [3.8, 4) is 5.75 Å². The summed E-state index contributed by atoms with van der Waals surface area (Å²) in [5, 5.41) is 20.8. The van der Waals surface area contributed by atoms with Gasteiger partial charge < -0.3 is 9.84 Å².